The first-order chi connectivity index (χ1) is 4.70. The van der Waals surface area contributed by atoms with Gasteiger partial charge < -0.3 is 10.6 Å². The van der Waals surface area contributed by atoms with E-state index in [1.165, 1.54) is 12.8 Å². The van der Waals surface area contributed by atoms with Crippen molar-refractivity contribution in [1.29, 1.82) is 0 Å². The molecule has 1 fully saturated rings. The molecule has 2 heteroatoms. The Hall–Kier alpha value is -0.0800. The predicted octanol–water partition coefficient (Wildman–Crippen LogP) is 1.91. The van der Waals surface area contributed by atoms with Crippen LogP contribution in [0.25, 0.3) is 5.73 Å². The van der Waals surface area contributed by atoms with Crippen LogP contribution in [0, 0.1) is 0 Å². The molecule has 1 N–H and O–H groups in total. The molecular formula is C8H17N2-. The highest BCUT2D eigenvalue weighted by molar-refractivity contribution is 4.84. The Bertz CT molecular complexity index is 93.4. The first-order valence-electron chi connectivity index (χ1n) is 4.07. The molecule has 60 valence electrons. The van der Waals surface area contributed by atoms with Crippen molar-refractivity contribution in [2.75, 3.05) is 14.1 Å². The molecule has 0 unspecified atom stereocenters. The van der Waals surface area contributed by atoms with Gasteiger partial charge in [-0.3, -0.25) is 0 Å². The highest BCUT2D eigenvalue weighted by Gasteiger charge is 2.16. The molecule has 1 rings (SSSR count). The monoisotopic (exact) mass is 141 g/mol. The van der Waals surface area contributed by atoms with E-state index in [2.05, 4.69) is 19.0 Å². The quantitative estimate of drug-likeness (QED) is 0.548. The van der Waals surface area contributed by atoms with E-state index < -0.39 is 0 Å². The molecular weight excluding hydrogens is 124 g/mol. The van der Waals surface area contributed by atoms with Crippen molar-refractivity contribution in [3.8, 4) is 0 Å². The molecule has 0 aromatic heterocycles. The summed E-state index contributed by atoms with van der Waals surface area (Å²) in [6, 6.07) is 0.984. The largest absolute Gasteiger partial charge is 0.675 e. The van der Waals surface area contributed by atoms with Gasteiger partial charge in [0.25, 0.3) is 0 Å². The van der Waals surface area contributed by atoms with E-state index in [4.69, 9.17) is 5.73 Å². The van der Waals surface area contributed by atoms with Gasteiger partial charge in [-0.2, -0.15) is 0 Å². The van der Waals surface area contributed by atoms with Crippen LogP contribution in [0.1, 0.15) is 25.7 Å². The van der Waals surface area contributed by atoms with E-state index in [1.807, 2.05) is 0 Å². The molecule has 0 amide bonds. The van der Waals surface area contributed by atoms with Crippen LogP contribution < -0.4 is 0 Å². The van der Waals surface area contributed by atoms with Crippen molar-refractivity contribution < 1.29 is 0 Å². The van der Waals surface area contributed by atoms with Gasteiger partial charge in [0.1, 0.15) is 0 Å². The standard InChI is InChI=1S/C8H17N2/c1-10(2)8-5-3-7(9)4-6-8/h7-9H,3-6H2,1-2H3/q-1. The lowest BCUT2D eigenvalue weighted by atomic mass is 9.91. The summed E-state index contributed by atoms with van der Waals surface area (Å²) in [6.45, 7) is 0. The molecule has 10 heavy (non-hydrogen) atoms. The molecule has 1 saturated carbocycles. The fourth-order valence-electron chi connectivity index (χ4n) is 1.59. The Labute approximate surface area is 63.4 Å². The molecule has 0 spiro atoms. The Balaban J connectivity index is 2.26. The van der Waals surface area contributed by atoms with E-state index in [9.17, 15) is 0 Å². The van der Waals surface area contributed by atoms with Crippen LogP contribution >= 0.6 is 0 Å². The van der Waals surface area contributed by atoms with Crippen LogP contribution in [0.5, 0.6) is 0 Å². The van der Waals surface area contributed by atoms with Crippen molar-refractivity contribution in [3.63, 3.8) is 0 Å². The van der Waals surface area contributed by atoms with Crippen molar-refractivity contribution in [1.82, 2.24) is 4.90 Å². The number of nitrogens with one attached hydrogen (secondary N) is 1. The van der Waals surface area contributed by atoms with E-state index in [1.54, 1.807) is 0 Å². The highest BCUT2D eigenvalue weighted by Crippen LogP contribution is 2.22. The third-order valence-electron chi connectivity index (χ3n) is 2.43. The highest BCUT2D eigenvalue weighted by atomic mass is 15.1. The second-order valence-corrected chi connectivity index (χ2v) is 3.47. The Morgan fingerprint density at radius 2 is 1.60 bits per heavy atom. The van der Waals surface area contributed by atoms with Gasteiger partial charge in [0.15, 0.2) is 0 Å². The van der Waals surface area contributed by atoms with Crippen molar-refractivity contribution in [3.05, 3.63) is 5.73 Å². The second-order valence-electron chi connectivity index (χ2n) is 3.47. The maximum Gasteiger partial charge on any atom is 0.00881 e. The minimum Gasteiger partial charge on any atom is -0.675 e. The van der Waals surface area contributed by atoms with Crippen LogP contribution in [-0.2, 0) is 0 Å². The van der Waals surface area contributed by atoms with Gasteiger partial charge in [-0.1, -0.05) is 12.8 Å². The lowest BCUT2D eigenvalue weighted by Gasteiger charge is -2.34. The van der Waals surface area contributed by atoms with Gasteiger partial charge in [0.2, 0.25) is 0 Å². The molecule has 1 aliphatic rings. The van der Waals surface area contributed by atoms with Gasteiger partial charge in [-0.15, -0.1) is 6.04 Å². The minimum atomic E-state index is 0.233. The van der Waals surface area contributed by atoms with E-state index in [0.717, 1.165) is 18.9 Å². The van der Waals surface area contributed by atoms with Crippen LogP contribution in [0.3, 0.4) is 0 Å². The molecule has 0 aliphatic heterocycles. The smallest absolute Gasteiger partial charge is 0.00881 e. The summed E-state index contributed by atoms with van der Waals surface area (Å²) in [5, 5.41) is 0. The summed E-state index contributed by atoms with van der Waals surface area (Å²) in [5.74, 6) is 0. The number of nitrogens with zero attached hydrogens (tertiary/aromatic N) is 1. The fraction of sp³-hybridized carbons (Fsp3) is 1.00. The van der Waals surface area contributed by atoms with E-state index in [-0.39, 0.29) is 6.04 Å². The first kappa shape index (κ1) is 8.02. The fourth-order valence-corrected chi connectivity index (χ4v) is 1.59. The molecule has 1 aliphatic carbocycles. The topological polar surface area (TPSA) is 27.0 Å². The normalized spacial score (nSPS) is 34.8. The van der Waals surface area contributed by atoms with E-state index in [0.29, 0.717) is 0 Å². The second kappa shape index (κ2) is 3.35. The van der Waals surface area contributed by atoms with Crippen LogP contribution in [0.2, 0.25) is 0 Å². The lowest BCUT2D eigenvalue weighted by Crippen LogP contribution is -2.32. The lowest BCUT2D eigenvalue weighted by molar-refractivity contribution is 0.225. The predicted molar refractivity (Wildman–Crippen MR) is 44.1 cm³/mol. The molecule has 0 aromatic rings. The van der Waals surface area contributed by atoms with Gasteiger partial charge in [0.05, 0.1) is 0 Å². The number of hydrogen-bond acceptors (Lipinski definition) is 1. The zero-order valence-electron chi connectivity index (χ0n) is 6.93. The Kier molecular flexibility index (Phi) is 2.69. The summed E-state index contributed by atoms with van der Waals surface area (Å²) in [6.07, 6.45) is 4.65. The van der Waals surface area contributed by atoms with Gasteiger partial charge in [0, 0.05) is 6.04 Å². The van der Waals surface area contributed by atoms with Crippen molar-refractivity contribution in [2.45, 2.75) is 37.8 Å². The van der Waals surface area contributed by atoms with Crippen molar-refractivity contribution in [2.24, 2.45) is 0 Å². The maximum atomic E-state index is 7.48. The first-order valence-corrected chi connectivity index (χ1v) is 4.07. The van der Waals surface area contributed by atoms with Crippen molar-refractivity contribution >= 4 is 0 Å². The van der Waals surface area contributed by atoms with E-state index >= 15 is 0 Å². The summed E-state index contributed by atoms with van der Waals surface area (Å²) >= 11 is 0. The summed E-state index contributed by atoms with van der Waals surface area (Å²) in [7, 11) is 4.27. The van der Waals surface area contributed by atoms with Gasteiger partial charge >= 0.3 is 0 Å². The molecule has 0 heterocycles. The average molecular weight is 141 g/mol. The van der Waals surface area contributed by atoms with Crippen LogP contribution in [0.4, 0.5) is 0 Å². The molecule has 0 bridgehead atoms. The number of hydrogen-bond donors (Lipinski definition) is 0. The van der Waals surface area contributed by atoms with Crippen LogP contribution in [-0.4, -0.2) is 31.1 Å². The molecule has 0 saturated heterocycles. The summed E-state index contributed by atoms with van der Waals surface area (Å²) in [5.41, 5.74) is 7.48. The molecule has 0 aromatic carbocycles. The Morgan fingerprint density at radius 1 is 1.10 bits per heavy atom. The number of rotatable bonds is 1. The summed E-state index contributed by atoms with van der Waals surface area (Å²) < 4.78 is 0. The van der Waals surface area contributed by atoms with Gasteiger partial charge in [-0.25, -0.2) is 0 Å². The van der Waals surface area contributed by atoms with Crippen LogP contribution in [0.15, 0.2) is 0 Å². The molecule has 2 nitrogen and oxygen atoms in total. The Morgan fingerprint density at radius 3 is 2.00 bits per heavy atom. The average Bonchev–Trinajstić information content (AvgIpc) is 1.88. The third kappa shape index (κ3) is 1.96. The summed E-state index contributed by atoms with van der Waals surface area (Å²) in [4.78, 5) is 2.28. The third-order valence-corrected chi connectivity index (χ3v) is 2.43. The van der Waals surface area contributed by atoms with Gasteiger partial charge in [-0.05, 0) is 26.9 Å². The molecule has 0 atom stereocenters. The minimum absolute atomic E-state index is 0.233. The molecule has 0 radical (unpaired) electrons. The zero-order valence-corrected chi connectivity index (χ0v) is 6.93. The zero-order chi connectivity index (χ0) is 7.56. The SMILES string of the molecule is CN(C)C1CCC([NH-])CC1. The maximum absolute atomic E-state index is 7.48.